The topological polar surface area (TPSA) is 102 Å². The maximum absolute atomic E-state index is 13.2. The molecule has 2 aromatic carbocycles. The largest absolute Gasteiger partial charge is 0.419 e. The number of carbonyl (C=O) groups excluding carboxylic acids is 1. The first-order valence-corrected chi connectivity index (χ1v) is 12.5. The third kappa shape index (κ3) is 4.28. The Morgan fingerprint density at radius 1 is 1.23 bits per heavy atom. The molecule has 1 amide bonds. The van der Waals surface area contributed by atoms with Crippen LogP contribution in [0.2, 0.25) is 0 Å². The minimum absolute atomic E-state index is 0.0445. The van der Waals surface area contributed by atoms with Crippen LogP contribution >= 0.6 is 11.8 Å². The highest BCUT2D eigenvalue weighted by Gasteiger charge is 2.33. The molecule has 0 radical (unpaired) electrons. The number of aromatic nitrogens is 1. The molecule has 1 N–H and O–H groups in total. The lowest BCUT2D eigenvalue weighted by Crippen LogP contribution is -2.43. The van der Waals surface area contributed by atoms with Gasteiger partial charge in [-0.1, -0.05) is 6.07 Å². The molecule has 0 bridgehead atoms. The Bertz CT molecular complexity index is 1300. The van der Waals surface area contributed by atoms with Crippen LogP contribution in [0.1, 0.15) is 12.8 Å². The van der Waals surface area contributed by atoms with Crippen molar-refractivity contribution in [3.8, 4) is 0 Å². The number of rotatable bonds is 5. The maximum Gasteiger partial charge on any atom is 0.419 e. The van der Waals surface area contributed by atoms with E-state index in [2.05, 4.69) is 5.32 Å². The second kappa shape index (κ2) is 8.52. The summed E-state index contributed by atoms with van der Waals surface area (Å²) in [6.45, 7) is 0.442. The average molecular weight is 462 g/mol. The molecule has 0 saturated carbocycles. The number of piperidine rings is 1. The van der Waals surface area contributed by atoms with Gasteiger partial charge < -0.3 is 9.73 Å². The third-order valence-electron chi connectivity index (χ3n) is 5.49. The Morgan fingerprint density at radius 2 is 2.03 bits per heavy atom. The van der Waals surface area contributed by atoms with Crippen molar-refractivity contribution in [2.24, 2.45) is 13.0 Å². The Labute approximate surface area is 184 Å². The minimum Gasteiger partial charge on any atom is -0.408 e. The number of hydrogen-bond acceptors (Lipinski definition) is 6. The van der Waals surface area contributed by atoms with Crippen LogP contribution in [0, 0.1) is 5.92 Å². The molecule has 1 saturated heterocycles. The van der Waals surface area contributed by atoms with Crippen molar-refractivity contribution in [2.45, 2.75) is 22.6 Å². The van der Waals surface area contributed by atoms with Crippen molar-refractivity contribution in [2.75, 3.05) is 24.7 Å². The number of anilines is 1. The number of sulfonamides is 1. The lowest BCUT2D eigenvalue weighted by molar-refractivity contribution is -0.120. The fourth-order valence-corrected chi connectivity index (χ4v) is 5.74. The van der Waals surface area contributed by atoms with Gasteiger partial charge in [-0.25, -0.2) is 13.2 Å². The number of amides is 1. The molecule has 31 heavy (non-hydrogen) atoms. The van der Waals surface area contributed by atoms with Gasteiger partial charge in [-0.2, -0.15) is 4.31 Å². The predicted molar refractivity (Wildman–Crippen MR) is 120 cm³/mol. The van der Waals surface area contributed by atoms with Crippen LogP contribution in [0.15, 0.2) is 61.5 Å². The molecule has 1 aromatic heterocycles. The van der Waals surface area contributed by atoms with Crippen LogP contribution in [-0.2, 0) is 21.9 Å². The quantitative estimate of drug-likeness (QED) is 0.586. The van der Waals surface area contributed by atoms with Crippen LogP contribution in [0.5, 0.6) is 0 Å². The fourth-order valence-electron chi connectivity index (χ4n) is 3.74. The number of carbonyl (C=O) groups is 1. The summed E-state index contributed by atoms with van der Waals surface area (Å²) < 4.78 is 34.2. The highest BCUT2D eigenvalue weighted by atomic mass is 32.2. The zero-order valence-corrected chi connectivity index (χ0v) is 18.8. The number of nitrogens with one attached hydrogen (secondary N) is 1. The van der Waals surface area contributed by atoms with Gasteiger partial charge in [0, 0.05) is 36.8 Å². The van der Waals surface area contributed by atoms with Gasteiger partial charge in [0.25, 0.3) is 0 Å². The highest BCUT2D eigenvalue weighted by molar-refractivity contribution is 7.98. The Hall–Kier alpha value is -2.56. The summed E-state index contributed by atoms with van der Waals surface area (Å²) in [5, 5.41) is 2.91. The lowest BCUT2D eigenvalue weighted by atomic mass is 9.99. The van der Waals surface area contributed by atoms with E-state index in [4.69, 9.17) is 4.42 Å². The predicted octanol–water partition coefficient (Wildman–Crippen LogP) is 2.89. The molecule has 8 nitrogen and oxygen atoms in total. The van der Waals surface area contributed by atoms with E-state index in [0.717, 1.165) is 4.90 Å². The summed E-state index contributed by atoms with van der Waals surface area (Å²) in [6, 6.07) is 11.9. The SMILES string of the molecule is CSc1cccc(NC(=O)[C@@H]2CCCN(S(=O)(=O)c3ccc4c(c3)oc(=O)n4C)C2)c1. The molecular formula is C21H23N3O5S2. The summed E-state index contributed by atoms with van der Waals surface area (Å²) >= 11 is 1.58. The van der Waals surface area contributed by atoms with Crippen molar-refractivity contribution >= 4 is 44.5 Å². The van der Waals surface area contributed by atoms with Crippen molar-refractivity contribution in [1.82, 2.24) is 8.87 Å². The molecule has 1 atom stereocenters. The number of oxazole rings is 1. The van der Waals surface area contributed by atoms with Crippen molar-refractivity contribution in [3.05, 3.63) is 53.0 Å². The van der Waals surface area contributed by atoms with E-state index in [0.29, 0.717) is 30.6 Å². The Kier molecular flexibility index (Phi) is 5.96. The standard InChI is InChI=1S/C21H23N3O5S2/c1-23-18-9-8-17(12-19(18)29-21(23)26)31(27,28)24-10-4-5-14(13-24)20(25)22-15-6-3-7-16(11-15)30-2/h3,6-9,11-12,14H,4-5,10,13H2,1-2H3,(H,22,25)/t14-/m1/s1. The number of nitrogens with zero attached hydrogens (tertiary/aromatic N) is 2. The van der Waals surface area contributed by atoms with E-state index in [1.165, 1.54) is 21.0 Å². The molecule has 3 aromatic rings. The van der Waals surface area contributed by atoms with Crippen LogP contribution < -0.4 is 11.1 Å². The first kappa shape index (κ1) is 21.7. The molecule has 2 heterocycles. The van der Waals surface area contributed by atoms with Gasteiger partial charge in [0.05, 0.1) is 16.3 Å². The summed E-state index contributed by atoms with van der Waals surface area (Å²) in [5.74, 6) is -1.19. The number of aryl methyl sites for hydroxylation is 1. The minimum atomic E-state index is -3.83. The molecule has 1 aliphatic rings. The summed E-state index contributed by atoms with van der Waals surface area (Å²) in [6.07, 6.45) is 3.17. The number of thioether (sulfide) groups is 1. The van der Waals surface area contributed by atoms with Crippen LogP contribution in [-0.4, -0.2) is 42.5 Å². The zero-order valence-electron chi connectivity index (χ0n) is 17.2. The van der Waals surface area contributed by atoms with E-state index in [1.54, 1.807) is 24.9 Å². The van der Waals surface area contributed by atoms with Gasteiger partial charge in [0.2, 0.25) is 15.9 Å². The molecule has 1 fully saturated rings. The van der Waals surface area contributed by atoms with E-state index >= 15 is 0 Å². The lowest BCUT2D eigenvalue weighted by Gasteiger charge is -2.31. The molecular weight excluding hydrogens is 438 g/mol. The second-order valence-electron chi connectivity index (χ2n) is 7.48. The maximum atomic E-state index is 13.2. The van der Waals surface area contributed by atoms with E-state index in [9.17, 15) is 18.0 Å². The molecule has 1 aliphatic heterocycles. The van der Waals surface area contributed by atoms with Gasteiger partial charge in [-0.05, 0) is 49.4 Å². The normalized spacial score (nSPS) is 17.7. The summed E-state index contributed by atoms with van der Waals surface area (Å²) in [4.78, 5) is 25.6. The number of benzene rings is 2. The molecule has 0 unspecified atom stereocenters. The number of hydrogen-bond donors (Lipinski definition) is 1. The van der Waals surface area contributed by atoms with E-state index in [-0.39, 0.29) is 22.9 Å². The Morgan fingerprint density at radius 3 is 2.81 bits per heavy atom. The first-order valence-electron chi connectivity index (χ1n) is 9.84. The van der Waals surface area contributed by atoms with Crippen molar-refractivity contribution < 1.29 is 17.6 Å². The second-order valence-corrected chi connectivity index (χ2v) is 10.3. The monoisotopic (exact) mass is 461 g/mol. The van der Waals surface area contributed by atoms with Gasteiger partial charge in [-0.15, -0.1) is 11.8 Å². The third-order valence-corrected chi connectivity index (χ3v) is 8.08. The molecule has 0 aliphatic carbocycles. The summed E-state index contributed by atoms with van der Waals surface area (Å²) in [5.41, 5.74) is 1.43. The number of fused-ring (bicyclic) bond motifs is 1. The van der Waals surface area contributed by atoms with E-state index < -0.39 is 21.7 Å². The van der Waals surface area contributed by atoms with Crippen LogP contribution in [0.3, 0.4) is 0 Å². The molecule has 164 valence electrons. The smallest absolute Gasteiger partial charge is 0.408 e. The van der Waals surface area contributed by atoms with E-state index in [1.807, 2.05) is 30.5 Å². The van der Waals surface area contributed by atoms with Crippen molar-refractivity contribution in [1.29, 1.82) is 0 Å². The zero-order chi connectivity index (χ0) is 22.2. The average Bonchev–Trinajstić information content (AvgIpc) is 3.07. The van der Waals surface area contributed by atoms with Gasteiger partial charge in [0.1, 0.15) is 0 Å². The molecule has 4 rings (SSSR count). The van der Waals surface area contributed by atoms with Crippen LogP contribution in [0.25, 0.3) is 11.1 Å². The molecule has 10 heteroatoms. The molecule has 0 spiro atoms. The van der Waals surface area contributed by atoms with Crippen LogP contribution in [0.4, 0.5) is 5.69 Å². The van der Waals surface area contributed by atoms with Crippen molar-refractivity contribution in [3.63, 3.8) is 0 Å². The Balaban J connectivity index is 1.53. The highest BCUT2D eigenvalue weighted by Crippen LogP contribution is 2.27. The van der Waals surface area contributed by atoms with Gasteiger partial charge in [0.15, 0.2) is 5.58 Å². The van der Waals surface area contributed by atoms with Gasteiger partial charge >= 0.3 is 5.76 Å². The summed E-state index contributed by atoms with van der Waals surface area (Å²) in [7, 11) is -2.27. The first-order chi connectivity index (χ1) is 14.8. The van der Waals surface area contributed by atoms with Gasteiger partial charge in [-0.3, -0.25) is 9.36 Å². The fraction of sp³-hybridized carbons (Fsp3) is 0.333.